The molecule has 0 aromatic rings. The van der Waals surface area contributed by atoms with E-state index in [-0.39, 0.29) is 37.2 Å². The van der Waals surface area contributed by atoms with Gasteiger partial charge in [-0.3, -0.25) is 19.2 Å². The van der Waals surface area contributed by atoms with Crippen molar-refractivity contribution in [3.63, 3.8) is 0 Å². The van der Waals surface area contributed by atoms with Gasteiger partial charge in [0.15, 0.2) is 0 Å². The van der Waals surface area contributed by atoms with E-state index in [0.29, 0.717) is 12.8 Å². The van der Waals surface area contributed by atoms with Gasteiger partial charge in [-0.1, -0.05) is 54.0 Å². The van der Waals surface area contributed by atoms with E-state index in [2.05, 4.69) is 27.8 Å². The highest BCUT2D eigenvalue weighted by molar-refractivity contribution is 7.89. The molecule has 1 heterocycles. The number of hydrogen-bond donors (Lipinski definition) is 4. The molecule has 1 saturated heterocycles. The van der Waals surface area contributed by atoms with Gasteiger partial charge < -0.3 is 26.2 Å². The molecule has 1 saturated carbocycles. The van der Waals surface area contributed by atoms with E-state index < -0.39 is 87.4 Å². The number of sulfonamides is 1. The normalized spacial score (nSPS) is 21.5. The number of Topliss-reactive ketones (excluding diaryl/α,β-unsaturated/α-hetero) is 1. The highest BCUT2D eigenvalue weighted by Gasteiger charge is 2.52. The summed E-state index contributed by atoms with van der Waals surface area (Å²) in [5, 5.41) is 10.2. The van der Waals surface area contributed by atoms with Crippen LogP contribution in [0, 0.1) is 22.7 Å². The van der Waals surface area contributed by atoms with Crippen molar-refractivity contribution in [1.82, 2.24) is 30.5 Å². The van der Waals surface area contributed by atoms with Crippen LogP contribution >= 0.6 is 0 Å². The van der Waals surface area contributed by atoms with Gasteiger partial charge in [0, 0.05) is 39.1 Å². The number of halogens is 2. The Balaban J connectivity index is 2.38. The Morgan fingerprint density at radius 1 is 1.02 bits per heavy atom. The van der Waals surface area contributed by atoms with Gasteiger partial charge in [-0.25, -0.2) is 26.3 Å². The van der Waals surface area contributed by atoms with Gasteiger partial charge in [-0.15, -0.1) is 6.58 Å². The van der Waals surface area contributed by atoms with Crippen LogP contribution in [0.2, 0.25) is 0 Å². The Morgan fingerprint density at radius 2 is 1.65 bits per heavy atom. The Labute approximate surface area is 289 Å². The lowest BCUT2D eigenvalue weighted by Gasteiger charge is -2.39. The van der Waals surface area contributed by atoms with Gasteiger partial charge in [0.25, 0.3) is 5.91 Å². The quantitative estimate of drug-likeness (QED) is 0.132. The van der Waals surface area contributed by atoms with Crippen LogP contribution in [0.1, 0.15) is 80.6 Å². The molecule has 0 aromatic carbocycles. The number of rotatable bonds is 17. The van der Waals surface area contributed by atoms with E-state index in [1.54, 1.807) is 20.8 Å². The van der Waals surface area contributed by atoms with Crippen LogP contribution in [-0.4, -0.2) is 110 Å². The maximum atomic E-state index is 14.3. The fourth-order valence-electron chi connectivity index (χ4n) is 6.42. The number of nitrogens with one attached hydrogen (secondary N) is 4. The van der Waals surface area contributed by atoms with Gasteiger partial charge in [-0.2, -0.15) is 0 Å². The summed E-state index contributed by atoms with van der Waals surface area (Å²) in [6.07, 6.45) is -0.0417. The third-order valence-corrected chi connectivity index (χ3v) is 11.8. The van der Waals surface area contributed by atoms with Crippen LogP contribution < -0.4 is 21.3 Å². The van der Waals surface area contributed by atoms with Crippen LogP contribution in [0.4, 0.5) is 13.6 Å². The maximum Gasteiger partial charge on any atom is 0.315 e. The summed E-state index contributed by atoms with van der Waals surface area (Å²) in [7, 11) is -2.10. The molecule has 49 heavy (non-hydrogen) atoms. The zero-order valence-electron chi connectivity index (χ0n) is 30.1. The molecular weight excluding hydrogens is 662 g/mol. The van der Waals surface area contributed by atoms with Gasteiger partial charge in [0.1, 0.15) is 18.1 Å². The minimum Gasteiger partial charge on any atom is -0.346 e. The van der Waals surface area contributed by atoms with Gasteiger partial charge in [0.05, 0.1) is 5.75 Å². The lowest BCUT2D eigenvalue weighted by atomic mass is 9.81. The number of alkyl halides is 2. The van der Waals surface area contributed by atoms with Crippen LogP contribution in [0.5, 0.6) is 0 Å². The van der Waals surface area contributed by atoms with E-state index in [9.17, 15) is 41.2 Å². The molecule has 2 aliphatic rings. The molecule has 2 fully saturated rings. The Bertz CT molecular complexity index is 1340. The lowest BCUT2D eigenvalue weighted by molar-refractivity contribution is -0.145. The maximum absolute atomic E-state index is 14.3. The summed E-state index contributed by atoms with van der Waals surface area (Å²) < 4.78 is 53.2. The molecule has 1 aliphatic heterocycles. The largest absolute Gasteiger partial charge is 0.346 e. The molecule has 0 bridgehead atoms. The van der Waals surface area contributed by atoms with Crippen LogP contribution in [0.25, 0.3) is 0 Å². The first kappa shape index (κ1) is 42.0. The SMILES string of the molecule is C=CCNC(=O)C(=O)[C@H](CC(F)F)NC(=O)[C@@H]1[C@H]2CCC[C@H]2CN1C(=O)[C@@H](NC(=O)N[C@H](CN(C)S(=O)(=O)CC)C(C)(C)CC)C(C)(C)C. The molecule has 0 spiro atoms. The predicted molar refractivity (Wildman–Crippen MR) is 182 cm³/mol. The fraction of sp³-hybridized carbons (Fsp3) is 0.788. The first-order valence-corrected chi connectivity index (χ1v) is 18.5. The number of nitrogens with zero attached hydrogens (tertiary/aromatic N) is 2. The number of likely N-dealkylation sites (N-methyl/N-ethyl adjacent to an activating group) is 1. The number of fused-ring (bicyclic) bond motifs is 1. The van der Waals surface area contributed by atoms with E-state index in [4.69, 9.17) is 0 Å². The second-order valence-electron chi connectivity index (χ2n) is 14.8. The van der Waals surface area contributed by atoms with Crippen molar-refractivity contribution < 1.29 is 41.2 Å². The molecule has 0 unspecified atom stereocenters. The van der Waals surface area contributed by atoms with Crippen molar-refractivity contribution in [1.29, 1.82) is 0 Å². The number of amides is 5. The molecular formula is C33H56F2N6O7S. The third kappa shape index (κ3) is 10.9. The smallest absolute Gasteiger partial charge is 0.315 e. The molecule has 2 rings (SSSR count). The number of ketones is 1. The fourth-order valence-corrected chi connectivity index (χ4v) is 7.23. The Hall–Kier alpha value is -3.14. The highest BCUT2D eigenvalue weighted by Crippen LogP contribution is 2.43. The van der Waals surface area contributed by atoms with Crippen molar-refractivity contribution in [3.8, 4) is 0 Å². The van der Waals surface area contributed by atoms with Crippen LogP contribution in [-0.2, 0) is 29.2 Å². The molecule has 13 nitrogen and oxygen atoms in total. The third-order valence-electron chi connectivity index (χ3n) is 9.95. The van der Waals surface area contributed by atoms with E-state index in [0.717, 1.165) is 12.8 Å². The van der Waals surface area contributed by atoms with Gasteiger partial charge >= 0.3 is 6.03 Å². The zero-order chi connectivity index (χ0) is 37.5. The van der Waals surface area contributed by atoms with Crippen LogP contribution in [0.3, 0.4) is 0 Å². The minimum atomic E-state index is -3.55. The van der Waals surface area contributed by atoms with Crippen molar-refractivity contribution in [3.05, 3.63) is 12.7 Å². The summed E-state index contributed by atoms with van der Waals surface area (Å²) in [4.78, 5) is 68.2. The van der Waals surface area contributed by atoms with E-state index >= 15 is 0 Å². The molecule has 0 aromatic heterocycles. The topological polar surface area (TPSA) is 174 Å². The second-order valence-corrected chi connectivity index (χ2v) is 17.2. The zero-order valence-corrected chi connectivity index (χ0v) is 30.9. The highest BCUT2D eigenvalue weighted by atomic mass is 32.2. The van der Waals surface area contributed by atoms with Gasteiger partial charge in [-0.05, 0) is 48.9 Å². The lowest BCUT2D eigenvalue weighted by Crippen LogP contribution is -2.62. The average molecular weight is 719 g/mol. The number of urea groups is 1. The van der Waals surface area contributed by atoms with E-state index in [1.165, 1.54) is 29.3 Å². The summed E-state index contributed by atoms with van der Waals surface area (Å²) in [5.41, 5.74) is -1.39. The first-order valence-electron chi connectivity index (χ1n) is 16.9. The van der Waals surface area contributed by atoms with Crippen molar-refractivity contribution in [2.24, 2.45) is 22.7 Å². The summed E-state index contributed by atoms with van der Waals surface area (Å²) in [6, 6.07) is -5.40. The molecule has 16 heteroatoms. The number of carbonyl (C=O) groups excluding carboxylic acids is 5. The molecule has 6 atom stereocenters. The number of carbonyl (C=O) groups is 5. The molecule has 5 amide bonds. The standard InChI is InChI=1S/C33H56F2N6O7S/c1-10-16-36-29(44)26(42)22(17-24(34)35)37-28(43)25-21-15-13-14-20(21)18-41(25)30(45)27(32(4,5)6)39-31(46)38-23(33(7,8)11-2)19-40(9)49(47,48)12-3/h10,20-25,27H,1,11-19H2,2-9H3,(H,36,44)(H,37,43)(H2,38,39,46)/t20-,21-,22-,23+,25-,27+/m0/s1. The molecule has 0 radical (unpaired) electrons. The minimum absolute atomic E-state index is 0.000408. The second kappa shape index (κ2) is 17.2. The summed E-state index contributed by atoms with van der Waals surface area (Å²) in [6.45, 7) is 16.0. The summed E-state index contributed by atoms with van der Waals surface area (Å²) in [5.74, 6) is -4.23. The average Bonchev–Trinajstić information content (AvgIpc) is 3.62. The van der Waals surface area contributed by atoms with Gasteiger partial charge in [0.2, 0.25) is 34.0 Å². The van der Waals surface area contributed by atoms with E-state index in [1.807, 2.05) is 20.8 Å². The first-order chi connectivity index (χ1) is 22.6. The monoisotopic (exact) mass is 718 g/mol. The Kier molecular flexibility index (Phi) is 14.7. The predicted octanol–water partition coefficient (Wildman–Crippen LogP) is 2.43. The Morgan fingerprint density at radius 3 is 2.18 bits per heavy atom. The van der Waals surface area contributed by atoms with Crippen molar-refractivity contribution in [2.45, 2.75) is 111 Å². The molecule has 280 valence electrons. The number of hydrogen-bond acceptors (Lipinski definition) is 7. The van der Waals surface area contributed by atoms with Crippen molar-refractivity contribution >= 4 is 39.6 Å². The van der Waals surface area contributed by atoms with Crippen LogP contribution in [0.15, 0.2) is 12.7 Å². The number of likely N-dealkylation sites (tertiary alicyclic amines) is 1. The van der Waals surface area contributed by atoms with Crippen molar-refractivity contribution in [2.75, 3.05) is 32.4 Å². The molecule has 4 N–H and O–H groups in total. The summed E-state index contributed by atoms with van der Waals surface area (Å²) >= 11 is 0. The molecule has 1 aliphatic carbocycles.